The molecule has 3 rings (SSSR count). The molecule has 124 valence electrons. The van der Waals surface area contributed by atoms with Crippen molar-refractivity contribution in [1.82, 2.24) is 9.13 Å². The van der Waals surface area contributed by atoms with Crippen LogP contribution in [0.1, 0.15) is 32.6 Å². The van der Waals surface area contributed by atoms with Gasteiger partial charge in [-0.3, -0.25) is 13.9 Å². The van der Waals surface area contributed by atoms with Gasteiger partial charge in [-0.05, 0) is 38.0 Å². The second kappa shape index (κ2) is 5.53. The lowest BCUT2D eigenvalue weighted by Gasteiger charge is -2.37. The molecule has 1 amide bonds. The highest BCUT2D eigenvalue weighted by Gasteiger charge is 2.37. The second-order valence-corrected chi connectivity index (χ2v) is 6.90. The number of fused-ring (bicyclic) bond motifs is 1. The van der Waals surface area contributed by atoms with Crippen molar-refractivity contribution in [2.45, 2.75) is 38.1 Å². The number of hydrogen-bond donors (Lipinski definition) is 2. The van der Waals surface area contributed by atoms with E-state index in [0.29, 0.717) is 5.69 Å². The Hall–Kier alpha value is -2.08. The SMILES string of the molecule is Cn1c(=O)n(C)c2cc(NC(=O)C3CCCCC3(C)N)ccc21. The number of hydrogen-bond acceptors (Lipinski definition) is 3. The fraction of sp³-hybridized carbons (Fsp3) is 0.529. The highest BCUT2D eigenvalue weighted by Crippen LogP contribution is 2.32. The molecule has 1 aliphatic carbocycles. The van der Waals surface area contributed by atoms with Gasteiger partial charge in [0.05, 0.1) is 17.0 Å². The van der Waals surface area contributed by atoms with Crippen LogP contribution in [0.2, 0.25) is 0 Å². The van der Waals surface area contributed by atoms with Gasteiger partial charge in [-0.2, -0.15) is 0 Å². The van der Waals surface area contributed by atoms with Crippen LogP contribution < -0.4 is 16.7 Å². The number of imidazole rings is 1. The highest BCUT2D eigenvalue weighted by molar-refractivity contribution is 5.95. The Bertz CT molecular complexity index is 816. The molecule has 0 bridgehead atoms. The van der Waals surface area contributed by atoms with Crippen LogP contribution in [-0.2, 0) is 18.9 Å². The van der Waals surface area contributed by atoms with Gasteiger partial charge in [0.1, 0.15) is 0 Å². The first-order chi connectivity index (χ1) is 10.8. The molecule has 6 heteroatoms. The van der Waals surface area contributed by atoms with E-state index in [1.165, 1.54) is 0 Å². The lowest BCUT2D eigenvalue weighted by Crippen LogP contribution is -2.51. The summed E-state index contributed by atoms with van der Waals surface area (Å²) in [5.41, 5.74) is 8.12. The molecule has 1 heterocycles. The summed E-state index contributed by atoms with van der Waals surface area (Å²) in [4.78, 5) is 24.6. The lowest BCUT2D eigenvalue weighted by atomic mass is 9.74. The predicted octanol–water partition coefficient (Wildman–Crippen LogP) is 1.72. The molecule has 6 nitrogen and oxygen atoms in total. The summed E-state index contributed by atoms with van der Waals surface area (Å²) in [7, 11) is 3.47. The number of anilines is 1. The number of benzene rings is 1. The predicted molar refractivity (Wildman–Crippen MR) is 91.3 cm³/mol. The Morgan fingerprint density at radius 3 is 2.65 bits per heavy atom. The van der Waals surface area contributed by atoms with E-state index in [9.17, 15) is 9.59 Å². The monoisotopic (exact) mass is 316 g/mol. The van der Waals surface area contributed by atoms with Gasteiger partial charge in [-0.15, -0.1) is 0 Å². The van der Waals surface area contributed by atoms with Crippen LogP contribution in [0, 0.1) is 5.92 Å². The van der Waals surface area contributed by atoms with Gasteiger partial charge in [0.25, 0.3) is 0 Å². The molecular weight excluding hydrogens is 292 g/mol. The first-order valence-corrected chi connectivity index (χ1v) is 8.06. The van der Waals surface area contributed by atoms with E-state index >= 15 is 0 Å². The van der Waals surface area contributed by atoms with E-state index in [-0.39, 0.29) is 17.5 Å². The van der Waals surface area contributed by atoms with Crippen LogP contribution in [0.3, 0.4) is 0 Å². The van der Waals surface area contributed by atoms with Crippen LogP contribution in [0.15, 0.2) is 23.0 Å². The van der Waals surface area contributed by atoms with E-state index in [1.54, 1.807) is 23.2 Å². The number of nitrogens with zero attached hydrogens (tertiary/aromatic N) is 2. The Morgan fingerprint density at radius 1 is 1.26 bits per heavy atom. The van der Waals surface area contributed by atoms with Crippen LogP contribution >= 0.6 is 0 Å². The van der Waals surface area contributed by atoms with Crippen molar-refractivity contribution < 1.29 is 4.79 Å². The Labute approximate surface area is 135 Å². The fourth-order valence-corrected chi connectivity index (χ4v) is 3.60. The molecule has 1 aromatic carbocycles. The average molecular weight is 316 g/mol. The minimum atomic E-state index is -0.452. The standard InChI is InChI=1S/C17H24N4O2/c1-17(18)9-5-4-6-12(17)15(22)19-11-7-8-13-14(10-11)21(3)16(23)20(13)2/h7-8,10,12H,4-6,9,18H2,1-3H3,(H,19,22). The van der Waals surface area contributed by atoms with Gasteiger partial charge in [0.2, 0.25) is 5.91 Å². The molecule has 2 atom stereocenters. The summed E-state index contributed by atoms with van der Waals surface area (Å²) >= 11 is 0. The Kier molecular flexibility index (Phi) is 3.80. The Morgan fingerprint density at radius 2 is 1.96 bits per heavy atom. The molecule has 0 aliphatic heterocycles. The number of rotatable bonds is 2. The van der Waals surface area contributed by atoms with Crippen LogP contribution in [0.5, 0.6) is 0 Å². The lowest BCUT2D eigenvalue weighted by molar-refractivity contribution is -0.122. The molecule has 0 spiro atoms. The van der Waals surface area contributed by atoms with Gasteiger partial charge in [-0.1, -0.05) is 12.8 Å². The summed E-state index contributed by atoms with van der Waals surface area (Å²) in [5.74, 6) is -0.207. The van der Waals surface area contributed by atoms with Gasteiger partial charge in [-0.25, -0.2) is 4.79 Å². The molecule has 2 aromatic rings. The van der Waals surface area contributed by atoms with Gasteiger partial charge >= 0.3 is 5.69 Å². The zero-order valence-corrected chi connectivity index (χ0v) is 13.9. The first-order valence-electron chi connectivity index (χ1n) is 8.06. The van der Waals surface area contributed by atoms with Gasteiger partial charge in [0.15, 0.2) is 0 Å². The number of aryl methyl sites for hydroxylation is 2. The van der Waals surface area contributed by atoms with Crippen molar-refractivity contribution in [3.8, 4) is 0 Å². The summed E-state index contributed by atoms with van der Waals surface area (Å²) in [6.07, 6.45) is 3.81. The average Bonchev–Trinajstić information content (AvgIpc) is 2.71. The van der Waals surface area contributed by atoms with E-state index in [1.807, 2.05) is 25.1 Å². The van der Waals surface area contributed by atoms with Crippen molar-refractivity contribution in [3.63, 3.8) is 0 Å². The van der Waals surface area contributed by atoms with Gasteiger partial charge in [0, 0.05) is 25.3 Å². The maximum Gasteiger partial charge on any atom is 0.328 e. The Balaban J connectivity index is 1.88. The first kappa shape index (κ1) is 15.8. The number of nitrogens with one attached hydrogen (secondary N) is 1. The third-order valence-corrected chi connectivity index (χ3v) is 5.11. The summed E-state index contributed by atoms with van der Waals surface area (Å²) in [6, 6.07) is 5.52. The van der Waals surface area contributed by atoms with Gasteiger partial charge < -0.3 is 11.1 Å². The van der Waals surface area contributed by atoms with Crippen molar-refractivity contribution in [1.29, 1.82) is 0 Å². The number of carbonyl (C=O) groups is 1. The summed E-state index contributed by atoms with van der Waals surface area (Å²) in [5, 5.41) is 2.97. The molecule has 1 aromatic heterocycles. The quantitative estimate of drug-likeness (QED) is 0.885. The minimum Gasteiger partial charge on any atom is -0.326 e. The molecular formula is C17H24N4O2. The molecule has 0 radical (unpaired) electrons. The van der Waals surface area contributed by atoms with Crippen molar-refractivity contribution in [2.75, 3.05) is 5.32 Å². The smallest absolute Gasteiger partial charge is 0.326 e. The number of carbonyl (C=O) groups excluding carboxylic acids is 1. The number of amides is 1. The van der Waals surface area contributed by atoms with Crippen LogP contribution in [0.25, 0.3) is 11.0 Å². The maximum atomic E-state index is 12.6. The van der Waals surface area contributed by atoms with Crippen molar-refractivity contribution >= 4 is 22.6 Å². The molecule has 3 N–H and O–H groups in total. The zero-order valence-electron chi connectivity index (χ0n) is 13.9. The molecule has 1 fully saturated rings. The van der Waals surface area contributed by atoms with Crippen molar-refractivity contribution in [2.24, 2.45) is 25.7 Å². The van der Waals surface area contributed by atoms with Crippen LogP contribution in [0.4, 0.5) is 5.69 Å². The normalized spacial score (nSPS) is 24.8. The van der Waals surface area contributed by atoms with Crippen molar-refractivity contribution in [3.05, 3.63) is 28.7 Å². The van der Waals surface area contributed by atoms with Crippen LogP contribution in [-0.4, -0.2) is 20.6 Å². The molecule has 0 saturated heterocycles. The molecule has 2 unspecified atom stereocenters. The third kappa shape index (κ3) is 2.67. The van der Waals surface area contributed by atoms with E-state index < -0.39 is 5.54 Å². The zero-order chi connectivity index (χ0) is 16.8. The topological polar surface area (TPSA) is 82.0 Å². The van der Waals surface area contributed by atoms with E-state index in [0.717, 1.165) is 36.7 Å². The molecule has 1 saturated carbocycles. The summed E-state index contributed by atoms with van der Waals surface area (Å²) in [6.45, 7) is 1.96. The number of aromatic nitrogens is 2. The molecule has 23 heavy (non-hydrogen) atoms. The highest BCUT2D eigenvalue weighted by atomic mass is 16.2. The van der Waals surface area contributed by atoms with E-state index in [2.05, 4.69) is 5.32 Å². The fourth-order valence-electron chi connectivity index (χ4n) is 3.60. The minimum absolute atomic E-state index is 0.0324. The van der Waals surface area contributed by atoms with E-state index in [4.69, 9.17) is 5.73 Å². The second-order valence-electron chi connectivity index (χ2n) is 6.90. The largest absolute Gasteiger partial charge is 0.328 e. The summed E-state index contributed by atoms with van der Waals surface area (Å²) < 4.78 is 3.18. The third-order valence-electron chi connectivity index (χ3n) is 5.11. The molecule has 1 aliphatic rings. The number of nitrogens with two attached hydrogens (primary N) is 1. The maximum absolute atomic E-state index is 12.6.